The topological polar surface area (TPSA) is 60.0 Å². The lowest BCUT2D eigenvalue weighted by Crippen LogP contribution is -2.40. The van der Waals surface area contributed by atoms with Crippen molar-refractivity contribution in [1.29, 1.82) is 0 Å². The van der Waals surface area contributed by atoms with Crippen LogP contribution in [0, 0.1) is 0 Å². The fraction of sp³-hybridized carbons (Fsp3) is 0.353. The normalized spacial score (nSPS) is 12.7. The highest BCUT2D eigenvalue weighted by Gasteiger charge is 2.19. The third-order valence-corrected chi connectivity index (χ3v) is 3.31. The van der Waals surface area contributed by atoms with E-state index in [0.717, 1.165) is 10.9 Å². The molecule has 0 aliphatic rings. The number of rotatable bonds is 4. The van der Waals surface area contributed by atoms with Gasteiger partial charge in [-0.15, -0.1) is 0 Å². The van der Waals surface area contributed by atoms with Crippen LogP contribution in [0.15, 0.2) is 42.4 Å². The van der Waals surface area contributed by atoms with Crippen LogP contribution in [0.25, 0.3) is 10.9 Å². The van der Waals surface area contributed by atoms with Gasteiger partial charge in [-0.25, -0.2) is 4.39 Å². The number of amides is 1. The van der Waals surface area contributed by atoms with Crippen LogP contribution in [-0.2, 0) is 6.54 Å². The Labute approximate surface area is 129 Å². The summed E-state index contributed by atoms with van der Waals surface area (Å²) in [4.78, 5) is 12.5. The van der Waals surface area contributed by atoms with E-state index < -0.39 is 0 Å². The Balaban J connectivity index is 2.46. The van der Waals surface area contributed by atoms with Crippen molar-refractivity contribution in [1.82, 2.24) is 9.88 Å². The fourth-order valence-electron chi connectivity index (χ4n) is 2.33. The molecule has 0 aliphatic heterocycles. The lowest BCUT2D eigenvalue weighted by Gasteiger charge is -2.20. The van der Waals surface area contributed by atoms with Gasteiger partial charge in [-0.05, 0) is 32.4 Å². The largest absolute Gasteiger partial charge is 0.347 e. The second-order valence-electron chi connectivity index (χ2n) is 6.36. The smallest absolute Gasteiger partial charge is 0.253 e. The van der Waals surface area contributed by atoms with Crippen LogP contribution in [-0.4, -0.2) is 22.6 Å². The number of carbonyl (C=O) groups excluding carboxylic acids is 1. The average molecular weight is 303 g/mol. The molecule has 0 saturated carbocycles. The van der Waals surface area contributed by atoms with Gasteiger partial charge in [0.15, 0.2) is 0 Å². The van der Waals surface area contributed by atoms with E-state index >= 15 is 0 Å². The van der Waals surface area contributed by atoms with E-state index in [9.17, 15) is 9.18 Å². The standard InChI is InChI=1S/C17H22FN3O/c1-17(2,3)20-16(22)14-11-21(10-12(8-18)9-19)15-7-5-4-6-13(14)15/h4-8,11H,9-10,19H2,1-3H3,(H,20,22)/b12-8+. The minimum Gasteiger partial charge on any atom is -0.347 e. The van der Waals surface area contributed by atoms with Crippen molar-refractivity contribution in [2.45, 2.75) is 32.9 Å². The molecule has 0 atom stereocenters. The molecule has 5 heteroatoms. The Morgan fingerprint density at radius 2 is 2.05 bits per heavy atom. The molecule has 0 fully saturated rings. The second-order valence-corrected chi connectivity index (χ2v) is 6.36. The summed E-state index contributed by atoms with van der Waals surface area (Å²) in [6.45, 7) is 6.27. The van der Waals surface area contributed by atoms with E-state index in [1.807, 2.05) is 49.6 Å². The summed E-state index contributed by atoms with van der Waals surface area (Å²) in [5, 5.41) is 3.80. The fourth-order valence-corrected chi connectivity index (χ4v) is 2.33. The summed E-state index contributed by atoms with van der Waals surface area (Å²) in [6.07, 6.45) is 2.29. The second kappa shape index (κ2) is 6.32. The first-order valence-electron chi connectivity index (χ1n) is 7.24. The van der Waals surface area contributed by atoms with Gasteiger partial charge >= 0.3 is 0 Å². The number of para-hydroxylation sites is 1. The molecular formula is C17H22FN3O. The number of nitrogens with zero attached hydrogens (tertiary/aromatic N) is 1. The zero-order valence-electron chi connectivity index (χ0n) is 13.2. The Hall–Kier alpha value is -2.14. The van der Waals surface area contributed by atoms with Gasteiger partial charge < -0.3 is 15.6 Å². The maximum atomic E-state index is 12.8. The monoisotopic (exact) mass is 303 g/mol. The molecule has 1 heterocycles. The number of carbonyl (C=O) groups is 1. The molecule has 1 amide bonds. The van der Waals surface area contributed by atoms with Crippen LogP contribution in [0.3, 0.4) is 0 Å². The zero-order chi connectivity index (χ0) is 16.3. The van der Waals surface area contributed by atoms with Crippen molar-refractivity contribution in [2.75, 3.05) is 6.54 Å². The van der Waals surface area contributed by atoms with Crippen LogP contribution in [0.5, 0.6) is 0 Å². The highest BCUT2D eigenvalue weighted by molar-refractivity contribution is 6.07. The molecule has 118 valence electrons. The minimum absolute atomic E-state index is 0.138. The number of nitrogens with two attached hydrogens (primary N) is 1. The molecule has 0 spiro atoms. The first-order chi connectivity index (χ1) is 10.4. The average Bonchev–Trinajstić information content (AvgIpc) is 2.82. The molecular weight excluding hydrogens is 281 g/mol. The number of halogens is 1. The molecule has 0 saturated heterocycles. The molecule has 2 rings (SSSR count). The van der Waals surface area contributed by atoms with Crippen molar-refractivity contribution < 1.29 is 9.18 Å². The summed E-state index contributed by atoms with van der Waals surface area (Å²) in [7, 11) is 0. The van der Waals surface area contributed by atoms with Crippen molar-refractivity contribution >= 4 is 16.8 Å². The molecule has 1 aromatic heterocycles. The number of aromatic nitrogens is 1. The third-order valence-electron chi connectivity index (χ3n) is 3.31. The van der Waals surface area contributed by atoms with E-state index in [2.05, 4.69) is 5.32 Å². The Morgan fingerprint density at radius 1 is 1.36 bits per heavy atom. The van der Waals surface area contributed by atoms with Crippen molar-refractivity contribution in [2.24, 2.45) is 5.73 Å². The molecule has 2 aromatic rings. The van der Waals surface area contributed by atoms with Gasteiger partial charge in [-0.3, -0.25) is 4.79 Å². The summed E-state index contributed by atoms with van der Waals surface area (Å²) >= 11 is 0. The van der Waals surface area contributed by atoms with E-state index in [0.29, 0.717) is 24.0 Å². The lowest BCUT2D eigenvalue weighted by molar-refractivity contribution is 0.0921. The summed E-state index contributed by atoms with van der Waals surface area (Å²) in [5.41, 5.74) is 7.15. The summed E-state index contributed by atoms with van der Waals surface area (Å²) in [5.74, 6) is -0.138. The van der Waals surface area contributed by atoms with E-state index in [4.69, 9.17) is 5.73 Å². The number of nitrogens with one attached hydrogen (secondary N) is 1. The summed E-state index contributed by atoms with van der Waals surface area (Å²) in [6, 6.07) is 7.58. The zero-order valence-corrected chi connectivity index (χ0v) is 13.2. The molecule has 22 heavy (non-hydrogen) atoms. The van der Waals surface area contributed by atoms with E-state index in [1.165, 1.54) is 0 Å². The van der Waals surface area contributed by atoms with Gasteiger partial charge in [0.1, 0.15) is 0 Å². The van der Waals surface area contributed by atoms with E-state index in [-0.39, 0.29) is 18.0 Å². The molecule has 0 aliphatic carbocycles. The predicted octanol–water partition coefficient (Wildman–Crippen LogP) is 2.98. The predicted molar refractivity (Wildman–Crippen MR) is 87.4 cm³/mol. The van der Waals surface area contributed by atoms with Gasteiger partial charge in [-0.1, -0.05) is 18.2 Å². The van der Waals surface area contributed by atoms with Gasteiger partial charge in [0.25, 0.3) is 5.91 Å². The molecule has 3 N–H and O–H groups in total. The lowest BCUT2D eigenvalue weighted by atomic mass is 10.1. The molecule has 0 radical (unpaired) electrons. The Bertz CT molecular complexity index is 710. The molecule has 0 bridgehead atoms. The van der Waals surface area contributed by atoms with Crippen molar-refractivity contribution in [3.8, 4) is 0 Å². The molecule has 1 aromatic carbocycles. The van der Waals surface area contributed by atoms with Crippen LogP contribution in [0.4, 0.5) is 4.39 Å². The third kappa shape index (κ3) is 3.54. The van der Waals surface area contributed by atoms with Gasteiger partial charge in [-0.2, -0.15) is 0 Å². The van der Waals surface area contributed by atoms with Crippen molar-refractivity contribution in [3.05, 3.63) is 47.9 Å². The first kappa shape index (κ1) is 16.2. The van der Waals surface area contributed by atoms with E-state index in [1.54, 1.807) is 6.20 Å². The quantitative estimate of drug-likeness (QED) is 0.912. The number of hydrogen-bond donors (Lipinski definition) is 2. The SMILES string of the molecule is CC(C)(C)NC(=O)c1cn(C/C(=C/F)CN)c2ccccc12. The first-order valence-corrected chi connectivity index (χ1v) is 7.24. The van der Waals surface area contributed by atoms with Crippen LogP contribution in [0.1, 0.15) is 31.1 Å². The summed E-state index contributed by atoms with van der Waals surface area (Å²) < 4.78 is 14.6. The van der Waals surface area contributed by atoms with Gasteiger partial charge in [0, 0.05) is 35.7 Å². The molecule has 0 unspecified atom stereocenters. The Morgan fingerprint density at radius 3 is 2.64 bits per heavy atom. The highest BCUT2D eigenvalue weighted by Crippen LogP contribution is 2.23. The Kier molecular flexibility index (Phi) is 4.66. The maximum Gasteiger partial charge on any atom is 0.253 e. The number of hydrogen-bond acceptors (Lipinski definition) is 2. The highest BCUT2D eigenvalue weighted by atomic mass is 19.1. The number of fused-ring (bicyclic) bond motifs is 1. The van der Waals surface area contributed by atoms with Crippen LogP contribution >= 0.6 is 0 Å². The maximum absolute atomic E-state index is 12.8. The van der Waals surface area contributed by atoms with Crippen molar-refractivity contribution in [3.63, 3.8) is 0 Å². The van der Waals surface area contributed by atoms with Crippen LogP contribution in [0.2, 0.25) is 0 Å². The molecule has 4 nitrogen and oxygen atoms in total. The van der Waals surface area contributed by atoms with Gasteiger partial charge in [0.05, 0.1) is 11.9 Å². The number of benzene rings is 1. The minimum atomic E-state index is -0.318. The van der Waals surface area contributed by atoms with Crippen LogP contribution < -0.4 is 11.1 Å². The van der Waals surface area contributed by atoms with Gasteiger partial charge in [0.2, 0.25) is 0 Å².